The average Bonchev–Trinajstić information content (AvgIpc) is 2.54. The lowest BCUT2D eigenvalue weighted by Crippen LogP contribution is -2.24. The highest BCUT2D eigenvalue weighted by Crippen LogP contribution is 2.21. The highest BCUT2D eigenvalue weighted by Gasteiger charge is 2.20. The van der Waals surface area contributed by atoms with Crippen molar-refractivity contribution in [3.05, 3.63) is 24.3 Å². The first-order chi connectivity index (χ1) is 11.0. The van der Waals surface area contributed by atoms with Gasteiger partial charge >= 0.3 is 16.2 Å². The lowest BCUT2D eigenvalue weighted by molar-refractivity contribution is 0.0145. The van der Waals surface area contributed by atoms with E-state index in [-0.39, 0.29) is 17.6 Å². The van der Waals surface area contributed by atoms with E-state index in [1.54, 1.807) is 12.1 Å². The van der Waals surface area contributed by atoms with E-state index in [4.69, 9.17) is 8.92 Å². The van der Waals surface area contributed by atoms with Crippen LogP contribution in [-0.2, 0) is 19.6 Å². The van der Waals surface area contributed by atoms with Gasteiger partial charge in [0.2, 0.25) is 0 Å². The molecule has 1 aromatic carbocycles. The van der Waals surface area contributed by atoms with E-state index < -0.39 is 16.2 Å². The van der Waals surface area contributed by atoms with Crippen LogP contribution in [0.2, 0.25) is 0 Å². The third-order valence-corrected chi connectivity index (χ3v) is 4.63. The van der Waals surface area contributed by atoms with Crippen LogP contribution in [0.4, 0.5) is 10.5 Å². The van der Waals surface area contributed by atoms with Crippen molar-refractivity contribution in [3.8, 4) is 5.75 Å². The molecule has 1 aliphatic heterocycles. The summed E-state index contributed by atoms with van der Waals surface area (Å²) in [7, 11) is -2.47. The van der Waals surface area contributed by atoms with Gasteiger partial charge in [-0.3, -0.25) is 5.32 Å². The number of benzene rings is 1. The molecule has 1 saturated heterocycles. The summed E-state index contributed by atoms with van der Waals surface area (Å²) in [4.78, 5) is 11.1. The second-order valence-corrected chi connectivity index (χ2v) is 6.96. The minimum atomic E-state index is -3.71. The largest absolute Gasteiger partial charge is 0.453 e. The Hall–Kier alpha value is -1.80. The van der Waals surface area contributed by atoms with Crippen LogP contribution in [0.5, 0.6) is 5.75 Å². The molecule has 1 aliphatic rings. The maximum atomic E-state index is 12.0. The highest BCUT2D eigenvalue weighted by atomic mass is 32.2. The van der Waals surface area contributed by atoms with Crippen LogP contribution in [0.15, 0.2) is 24.3 Å². The molecular formula is C15H21NO6S. The first kappa shape index (κ1) is 17.6. The fraction of sp³-hybridized carbons (Fsp3) is 0.533. The van der Waals surface area contributed by atoms with Crippen molar-refractivity contribution in [3.63, 3.8) is 0 Å². The summed E-state index contributed by atoms with van der Waals surface area (Å²) in [5.41, 5.74) is 0.389. The van der Waals surface area contributed by atoms with Crippen LogP contribution in [-0.4, -0.2) is 40.1 Å². The van der Waals surface area contributed by atoms with Crippen LogP contribution < -0.4 is 9.50 Å². The second kappa shape index (κ2) is 8.16. The smallest absolute Gasteiger partial charge is 0.411 e. The van der Waals surface area contributed by atoms with Crippen molar-refractivity contribution in [2.75, 3.05) is 24.8 Å². The van der Waals surface area contributed by atoms with Crippen molar-refractivity contribution in [2.24, 2.45) is 0 Å². The molecule has 0 saturated carbocycles. The van der Waals surface area contributed by atoms with Gasteiger partial charge in [0.05, 0.1) is 19.0 Å². The Morgan fingerprint density at radius 2 is 2.22 bits per heavy atom. The number of nitrogens with one attached hydrogen (secondary N) is 1. The Kier molecular flexibility index (Phi) is 6.23. The van der Waals surface area contributed by atoms with Crippen LogP contribution >= 0.6 is 0 Å². The number of rotatable bonds is 6. The summed E-state index contributed by atoms with van der Waals surface area (Å²) in [5, 5.41) is 2.45. The zero-order chi connectivity index (χ0) is 16.7. The Bertz CT molecular complexity index is 625. The maximum Gasteiger partial charge on any atom is 0.411 e. The fourth-order valence-electron chi connectivity index (χ4n) is 2.29. The topological polar surface area (TPSA) is 90.9 Å². The molecule has 0 spiro atoms. The summed E-state index contributed by atoms with van der Waals surface area (Å²) in [6.07, 6.45) is 2.73. The van der Waals surface area contributed by atoms with Crippen LogP contribution in [0.1, 0.15) is 25.7 Å². The zero-order valence-electron chi connectivity index (χ0n) is 13.0. The molecule has 0 aliphatic carbocycles. The van der Waals surface area contributed by atoms with Crippen molar-refractivity contribution in [1.29, 1.82) is 0 Å². The number of hydrogen-bond donors (Lipinski definition) is 1. The van der Waals surface area contributed by atoms with Crippen molar-refractivity contribution < 1.29 is 26.9 Å². The molecule has 1 heterocycles. The molecule has 2 rings (SSSR count). The average molecular weight is 343 g/mol. The summed E-state index contributed by atoms with van der Waals surface area (Å²) in [6, 6.07) is 6.12. The van der Waals surface area contributed by atoms with E-state index in [2.05, 4.69) is 10.1 Å². The third-order valence-electron chi connectivity index (χ3n) is 3.45. The first-order valence-corrected chi connectivity index (χ1v) is 9.05. The Labute approximate surface area is 136 Å². The molecule has 1 unspecified atom stereocenters. The molecule has 0 aromatic heterocycles. The van der Waals surface area contributed by atoms with Gasteiger partial charge in [-0.2, -0.15) is 8.42 Å². The molecule has 0 bridgehead atoms. The van der Waals surface area contributed by atoms with E-state index in [1.165, 1.54) is 19.2 Å². The summed E-state index contributed by atoms with van der Waals surface area (Å²) in [6.45, 7) is 0.687. The van der Waals surface area contributed by atoms with Crippen LogP contribution in [0.25, 0.3) is 0 Å². The molecule has 8 heteroatoms. The minimum absolute atomic E-state index is 0.0190. The van der Waals surface area contributed by atoms with E-state index >= 15 is 0 Å². The fourth-order valence-corrected chi connectivity index (χ4v) is 3.33. The molecule has 7 nitrogen and oxygen atoms in total. The number of carbonyl (C=O) groups excluding carboxylic acids is 1. The van der Waals surface area contributed by atoms with Gasteiger partial charge in [-0.15, -0.1) is 0 Å². The predicted molar refractivity (Wildman–Crippen MR) is 85.1 cm³/mol. The Balaban J connectivity index is 1.91. The van der Waals surface area contributed by atoms with E-state index in [9.17, 15) is 13.2 Å². The number of anilines is 1. The number of methoxy groups -OCH3 is 1. The zero-order valence-corrected chi connectivity index (χ0v) is 13.8. The molecule has 1 fully saturated rings. The van der Waals surface area contributed by atoms with Gasteiger partial charge in [-0.05, 0) is 37.8 Å². The number of ether oxygens (including phenoxy) is 2. The van der Waals surface area contributed by atoms with Crippen LogP contribution in [0.3, 0.4) is 0 Å². The van der Waals surface area contributed by atoms with E-state index in [1.807, 2.05) is 0 Å². The minimum Gasteiger partial charge on any atom is -0.453 e. The molecule has 23 heavy (non-hydrogen) atoms. The lowest BCUT2D eigenvalue weighted by atomic mass is 10.1. The summed E-state index contributed by atoms with van der Waals surface area (Å²) < 4.78 is 39.2. The van der Waals surface area contributed by atoms with Gasteiger partial charge in [0, 0.05) is 18.4 Å². The molecule has 1 N–H and O–H groups in total. The van der Waals surface area contributed by atoms with E-state index in [0.29, 0.717) is 18.7 Å². The van der Waals surface area contributed by atoms with Gasteiger partial charge in [0.15, 0.2) is 0 Å². The normalized spacial score (nSPS) is 18.2. The summed E-state index contributed by atoms with van der Waals surface area (Å²) >= 11 is 0. The van der Waals surface area contributed by atoms with Gasteiger partial charge in [-0.25, -0.2) is 4.79 Å². The molecule has 128 valence electrons. The molecule has 0 radical (unpaired) electrons. The predicted octanol–water partition coefficient (Wildman–Crippen LogP) is 2.53. The highest BCUT2D eigenvalue weighted by molar-refractivity contribution is 7.87. The molecule has 1 aromatic rings. The van der Waals surface area contributed by atoms with Crippen molar-refractivity contribution in [1.82, 2.24) is 0 Å². The van der Waals surface area contributed by atoms with Crippen LogP contribution in [0, 0.1) is 0 Å². The maximum absolute atomic E-state index is 12.0. The SMILES string of the molecule is COC(=O)Nc1cccc(OS(=O)(=O)CCC2CCCCO2)c1. The van der Waals surface area contributed by atoms with Gasteiger partial charge < -0.3 is 13.7 Å². The van der Waals surface area contributed by atoms with Gasteiger partial charge in [0.25, 0.3) is 0 Å². The third kappa shape index (κ3) is 6.07. The number of amides is 1. The molecule has 1 atom stereocenters. The van der Waals surface area contributed by atoms with Crippen molar-refractivity contribution in [2.45, 2.75) is 31.8 Å². The van der Waals surface area contributed by atoms with Gasteiger partial charge in [-0.1, -0.05) is 6.07 Å². The van der Waals surface area contributed by atoms with Crippen molar-refractivity contribution >= 4 is 21.9 Å². The number of carbonyl (C=O) groups is 1. The molecule has 1 amide bonds. The monoisotopic (exact) mass is 343 g/mol. The Morgan fingerprint density at radius 3 is 2.91 bits per heavy atom. The second-order valence-electron chi connectivity index (χ2n) is 5.27. The quantitative estimate of drug-likeness (QED) is 0.798. The number of hydrogen-bond acceptors (Lipinski definition) is 6. The van der Waals surface area contributed by atoms with Gasteiger partial charge in [0.1, 0.15) is 5.75 Å². The first-order valence-electron chi connectivity index (χ1n) is 7.47. The summed E-state index contributed by atoms with van der Waals surface area (Å²) in [5.74, 6) is 0.0373. The Morgan fingerprint density at radius 1 is 1.39 bits per heavy atom. The van der Waals surface area contributed by atoms with E-state index in [0.717, 1.165) is 19.3 Å². The standard InChI is InChI=1S/C15H21NO6S/c1-20-15(17)16-12-5-4-7-14(11-12)22-23(18,19)10-8-13-6-2-3-9-21-13/h4-5,7,11,13H,2-3,6,8-10H2,1H3,(H,16,17). The molecular weight excluding hydrogens is 322 g/mol. The lowest BCUT2D eigenvalue weighted by Gasteiger charge is -2.22.